The number of nitrogens with one attached hydrogen (secondary N) is 1. The van der Waals surface area contributed by atoms with Crippen molar-refractivity contribution in [3.05, 3.63) is 79.1 Å². The summed E-state index contributed by atoms with van der Waals surface area (Å²) in [6.45, 7) is 0.328. The van der Waals surface area contributed by atoms with E-state index >= 15 is 0 Å². The number of methoxy groups -OCH3 is 1. The number of benzene rings is 2. The Labute approximate surface area is 185 Å². The van der Waals surface area contributed by atoms with Crippen molar-refractivity contribution in [2.45, 2.75) is 6.42 Å². The number of aromatic nitrogens is 2. The molecule has 1 fully saturated rings. The van der Waals surface area contributed by atoms with Gasteiger partial charge in [0.2, 0.25) is 11.8 Å². The summed E-state index contributed by atoms with van der Waals surface area (Å²) < 4.78 is 7.20. The van der Waals surface area contributed by atoms with E-state index in [1.54, 1.807) is 18.1 Å². The van der Waals surface area contributed by atoms with Crippen LogP contribution in [0.4, 0.5) is 11.4 Å². The molecule has 7 heteroatoms. The molecule has 3 heterocycles. The van der Waals surface area contributed by atoms with E-state index in [0.717, 1.165) is 22.6 Å². The molecule has 7 nitrogen and oxygen atoms in total. The third kappa shape index (κ3) is 3.69. The molecule has 0 aliphatic carbocycles. The summed E-state index contributed by atoms with van der Waals surface area (Å²) in [5.41, 5.74) is 3.84. The van der Waals surface area contributed by atoms with Crippen molar-refractivity contribution >= 4 is 28.8 Å². The largest absolute Gasteiger partial charge is 0.497 e. The number of rotatable bonds is 5. The zero-order valence-electron chi connectivity index (χ0n) is 17.6. The monoisotopic (exact) mass is 426 g/mol. The van der Waals surface area contributed by atoms with Gasteiger partial charge >= 0.3 is 0 Å². The molecule has 0 spiro atoms. The van der Waals surface area contributed by atoms with Crippen molar-refractivity contribution in [2.75, 3.05) is 23.9 Å². The first-order valence-electron chi connectivity index (χ1n) is 10.4. The van der Waals surface area contributed by atoms with Crippen LogP contribution in [0.3, 0.4) is 0 Å². The lowest BCUT2D eigenvalue weighted by atomic mass is 10.1. The van der Waals surface area contributed by atoms with Gasteiger partial charge in [0.15, 0.2) is 0 Å². The topological polar surface area (TPSA) is 75.9 Å². The van der Waals surface area contributed by atoms with E-state index in [4.69, 9.17) is 4.74 Å². The Morgan fingerprint density at radius 1 is 1.09 bits per heavy atom. The molecule has 1 saturated heterocycles. The van der Waals surface area contributed by atoms with Crippen LogP contribution in [0.5, 0.6) is 5.75 Å². The molecule has 2 aromatic carbocycles. The highest BCUT2D eigenvalue weighted by molar-refractivity contribution is 6.04. The fourth-order valence-electron chi connectivity index (χ4n) is 4.03. The lowest BCUT2D eigenvalue weighted by molar-refractivity contribution is -0.122. The third-order valence-electron chi connectivity index (χ3n) is 5.69. The number of amides is 2. The van der Waals surface area contributed by atoms with Crippen LogP contribution >= 0.6 is 0 Å². The second-order valence-electron chi connectivity index (χ2n) is 7.73. The number of carbonyl (C=O) groups excluding carboxylic acids is 2. The first-order chi connectivity index (χ1) is 15.6. The van der Waals surface area contributed by atoms with Crippen molar-refractivity contribution in [1.29, 1.82) is 0 Å². The van der Waals surface area contributed by atoms with Crippen LogP contribution in [0.2, 0.25) is 0 Å². The lowest BCUT2D eigenvalue weighted by Gasteiger charge is -2.17. The Balaban J connectivity index is 1.36. The summed E-state index contributed by atoms with van der Waals surface area (Å²) in [7, 11) is 1.59. The molecule has 1 aliphatic heterocycles. The molecule has 1 atom stereocenters. The van der Waals surface area contributed by atoms with E-state index in [1.807, 2.05) is 77.5 Å². The van der Waals surface area contributed by atoms with Gasteiger partial charge in [-0.15, -0.1) is 0 Å². The van der Waals surface area contributed by atoms with Gasteiger partial charge in [-0.3, -0.25) is 9.59 Å². The number of nitrogens with zero attached hydrogens (tertiary/aromatic N) is 3. The second-order valence-corrected chi connectivity index (χ2v) is 7.73. The minimum atomic E-state index is -0.442. The van der Waals surface area contributed by atoms with Gasteiger partial charge in [0.1, 0.15) is 11.4 Å². The first-order valence-corrected chi connectivity index (χ1v) is 10.4. The van der Waals surface area contributed by atoms with Gasteiger partial charge in [0.05, 0.1) is 24.4 Å². The average Bonchev–Trinajstić information content (AvgIpc) is 3.43. The second kappa shape index (κ2) is 8.19. The molecular formula is C25H22N4O3. The predicted octanol–water partition coefficient (Wildman–Crippen LogP) is 4.00. The summed E-state index contributed by atoms with van der Waals surface area (Å²) in [5, 5.41) is 3.02. The molecule has 0 unspecified atom stereocenters. The summed E-state index contributed by atoms with van der Waals surface area (Å²) in [6.07, 6.45) is 4.04. The van der Waals surface area contributed by atoms with Crippen LogP contribution < -0.4 is 15.0 Å². The zero-order valence-corrected chi connectivity index (χ0v) is 17.6. The van der Waals surface area contributed by atoms with Crippen molar-refractivity contribution in [2.24, 2.45) is 5.92 Å². The number of hydrogen-bond donors (Lipinski definition) is 1. The van der Waals surface area contributed by atoms with E-state index < -0.39 is 5.92 Å². The van der Waals surface area contributed by atoms with Gasteiger partial charge in [-0.25, -0.2) is 4.98 Å². The first kappa shape index (κ1) is 19.8. The fraction of sp³-hybridized carbons (Fsp3) is 0.160. The Hall–Kier alpha value is -4.13. The maximum absolute atomic E-state index is 13.1. The minimum absolute atomic E-state index is 0.0768. The summed E-state index contributed by atoms with van der Waals surface area (Å²) in [4.78, 5) is 32.0. The van der Waals surface area contributed by atoms with E-state index in [0.29, 0.717) is 18.0 Å². The van der Waals surface area contributed by atoms with E-state index in [9.17, 15) is 9.59 Å². The molecule has 32 heavy (non-hydrogen) atoms. The van der Waals surface area contributed by atoms with Crippen molar-refractivity contribution < 1.29 is 14.3 Å². The van der Waals surface area contributed by atoms with Gasteiger partial charge in [-0.1, -0.05) is 30.3 Å². The highest BCUT2D eigenvalue weighted by Gasteiger charge is 2.35. The van der Waals surface area contributed by atoms with Gasteiger partial charge in [-0.2, -0.15) is 0 Å². The number of ether oxygens (including phenoxy) is 1. The number of carbonyl (C=O) groups is 2. The van der Waals surface area contributed by atoms with Gasteiger partial charge in [0, 0.05) is 42.7 Å². The Morgan fingerprint density at radius 2 is 1.94 bits per heavy atom. The predicted molar refractivity (Wildman–Crippen MR) is 123 cm³/mol. The molecular weight excluding hydrogens is 404 g/mol. The van der Waals surface area contributed by atoms with Crippen LogP contribution in [-0.4, -0.2) is 34.9 Å². The van der Waals surface area contributed by atoms with Crippen LogP contribution in [0.1, 0.15) is 6.42 Å². The Morgan fingerprint density at radius 3 is 2.78 bits per heavy atom. The summed E-state index contributed by atoms with van der Waals surface area (Å²) >= 11 is 0. The van der Waals surface area contributed by atoms with Gasteiger partial charge in [-0.05, 0) is 30.3 Å². The molecule has 4 aromatic rings. The minimum Gasteiger partial charge on any atom is -0.497 e. The summed E-state index contributed by atoms with van der Waals surface area (Å²) in [5.74, 6) is -0.0283. The van der Waals surface area contributed by atoms with E-state index in [2.05, 4.69) is 10.3 Å². The Kier molecular flexibility index (Phi) is 5.07. The molecule has 0 bridgehead atoms. The normalized spacial score (nSPS) is 15.8. The van der Waals surface area contributed by atoms with Crippen LogP contribution in [-0.2, 0) is 9.59 Å². The molecule has 160 valence electrons. The standard InChI is InChI=1S/C25H22N4O3/c1-32-19-8-6-7-18(14-19)29-15-17(13-24(29)30)25(31)27-21-10-3-2-9-20(21)22-16-28-12-5-4-11-23(28)26-22/h2-12,14,16-17H,13,15H2,1H3,(H,27,31)/t17-/m0/s1. The molecule has 5 rings (SSSR count). The molecule has 1 aliphatic rings. The van der Waals surface area contributed by atoms with Gasteiger partial charge < -0.3 is 19.4 Å². The smallest absolute Gasteiger partial charge is 0.229 e. The number of anilines is 2. The zero-order chi connectivity index (χ0) is 22.1. The Bertz CT molecular complexity index is 1280. The number of imidazole rings is 1. The number of pyridine rings is 1. The third-order valence-corrected chi connectivity index (χ3v) is 5.69. The number of para-hydroxylation sites is 1. The van der Waals surface area contributed by atoms with Crippen LogP contribution in [0.15, 0.2) is 79.1 Å². The maximum atomic E-state index is 13.1. The quantitative estimate of drug-likeness (QED) is 0.523. The maximum Gasteiger partial charge on any atom is 0.229 e. The molecule has 2 aromatic heterocycles. The number of hydrogen-bond acceptors (Lipinski definition) is 4. The van der Waals surface area contributed by atoms with Crippen molar-refractivity contribution in [3.8, 4) is 17.0 Å². The van der Waals surface area contributed by atoms with Crippen molar-refractivity contribution in [3.63, 3.8) is 0 Å². The van der Waals surface area contributed by atoms with Gasteiger partial charge in [0.25, 0.3) is 0 Å². The SMILES string of the molecule is COc1cccc(N2C[C@@H](C(=O)Nc3ccccc3-c3cn4ccccc4n3)CC2=O)c1. The van der Waals surface area contributed by atoms with E-state index in [1.165, 1.54) is 0 Å². The average molecular weight is 426 g/mol. The molecule has 0 radical (unpaired) electrons. The van der Waals surface area contributed by atoms with Crippen LogP contribution in [0.25, 0.3) is 16.9 Å². The van der Waals surface area contributed by atoms with Crippen LogP contribution in [0, 0.1) is 5.92 Å². The highest BCUT2D eigenvalue weighted by Crippen LogP contribution is 2.31. The lowest BCUT2D eigenvalue weighted by Crippen LogP contribution is -2.28. The molecule has 1 N–H and O–H groups in total. The molecule has 2 amide bonds. The molecule has 0 saturated carbocycles. The fourth-order valence-corrected chi connectivity index (χ4v) is 4.03. The van der Waals surface area contributed by atoms with Crippen molar-refractivity contribution in [1.82, 2.24) is 9.38 Å². The number of fused-ring (bicyclic) bond motifs is 1. The van der Waals surface area contributed by atoms with E-state index in [-0.39, 0.29) is 18.2 Å². The highest BCUT2D eigenvalue weighted by atomic mass is 16.5. The summed E-state index contributed by atoms with van der Waals surface area (Å²) in [6, 6.07) is 20.7.